The van der Waals surface area contributed by atoms with Crippen LogP contribution in [0.5, 0.6) is 0 Å². The average molecular weight is 189 g/mol. The second kappa shape index (κ2) is 4.14. The lowest BCUT2D eigenvalue weighted by Crippen LogP contribution is -2.26. The van der Waals surface area contributed by atoms with Crippen molar-refractivity contribution in [3.63, 3.8) is 0 Å². The van der Waals surface area contributed by atoms with Crippen molar-refractivity contribution in [1.29, 1.82) is 0 Å². The molecule has 1 heteroatoms. The zero-order chi connectivity index (χ0) is 9.97. The molecule has 0 saturated carbocycles. The number of rotatable bonds is 2. The first-order chi connectivity index (χ1) is 6.79. The monoisotopic (exact) mass is 189 g/mol. The van der Waals surface area contributed by atoms with Crippen molar-refractivity contribution in [2.45, 2.75) is 32.7 Å². The molecule has 0 atom stereocenters. The van der Waals surface area contributed by atoms with Crippen molar-refractivity contribution in [3.8, 4) is 0 Å². The van der Waals surface area contributed by atoms with Crippen LogP contribution in [0, 0.1) is 0 Å². The van der Waals surface area contributed by atoms with Gasteiger partial charge in [0, 0.05) is 13.1 Å². The van der Waals surface area contributed by atoms with Gasteiger partial charge in [-0.15, -0.1) is 0 Å². The molecular formula is C13H19N. The molecule has 0 unspecified atom stereocenters. The van der Waals surface area contributed by atoms with E-state index in [2.05, 4.69) is 37.1 Å². The second-order valence-corrected chi connectivity index (χ2v) is 4.34. The van der Waals surface area contributed by atoms with Crippen LogP contribution in [0.4, 0.5) is 0 Å². The normalized spacial score (nSPS) is 16.7. The molecule has 1 heterocycles. The highest BCUT2D eigenvalue weighted by molar-refractivity contribution is 5.33. The summed E-state index contributed by atoms with van der Waals surface area (Å²) in [6.07, 6.45) is 3.68. The van der Waals surface area contributed by atoms with E-state index in [0.717, 1.165) is 6.54 Å². The zero-order valence-electron chi connectivity index (χ0n) is 9.21. The van der Waals surface area contributed by atoms with E-state index in [9.17, 15) is 0 Å². The van der Waals surface area contributed by atoms with Crippen molar-refractivity contribution >= 4 is 0 Å². The molecule has 0 saturated heterocycles. The molecule has 1 aromatic carbocycles. The largest absolute Gasteiger partial charge is 0.302 e. The number of aryl methyl sites for hydroxylation is 1. The maximum atomic E-state index is 2.40. The number of hydrogen-bond donors (Lipinski definition) is 0. The summed E-state index contributed by atoms with van der Waals surface area (Å²) < 4.78 is 0. The summed E-state index contributed by atoms with van der Waals surface area (Å²) in [5.41, 5.74) is 4.61. The molecule has 0 aliphatic carbocycles. The number of nitrogens with zero attached hydrogens (tertiary/aromatic N) is 1. The Morgan fingerprint density at radius 2 is 2.14 bits per heavy atom. The Balaban J connectivity index is 2.24. The molecule has 1 nitrogen and oxygen atoms in total. The Labute approximate surface area is 86.7 Å². The molecule has 0 spiro atoms. The first-order valence-corrected chi connectivity index (χ1v) is 5.59. The van der Waals surface area contributed by atoms with Crippen molar-refractivity contribution in [1.82, 2.24) is 4.90 Å². The van der Waals surface area contributed by atoms with Crippen LogP contribution < -0.4 is 0 Å². The molecule has 76 valence electrons. The Bertz CT molecular complexity index is 317. The average Bonchev–Trinajstić information content (AvgIpc) is 2.17. The van der Waals surface area contributed by atoms with Crippen molar-refractivity contribution in [2.75, 3.05) is 13.6 Å². The Morgan fingerprint density at radius 1 is 1.29 bits per heavy atom. The molecule has 2 rings (SSSR count). The predicted molar refractivity (Wildman–Crippen MR) is 60.5 cm³/mol. The topological polar surface area (TPSA) is 3.24 Å². The lowest BCUT2D eigenvalue weighted by atomic mass is 9.96. The third-order valence-corrected chi connectivity index (χ3v) is 3.01. The molecule has 14 heavy (non-hydrogen) atoms. The molecule has 1 aromatic rings. The summed E-state index contributed by atoms with van der Waals surface area (Å²) >= 11 is 0. The summed E-state index contributed by atoms with van der Waals surface area (Å²) in [7, 11) is 2.20. The van der Waals surface area contributed by atoms with Crippen LogP contribution in [0.25, 0.3) is 0 Å². The van der Waals surface area contributed by atoms with Gasteiger partial charge in [-0.25, -0.2) is 0 Å². The fourth-order valence-corrected chi connectivity index (χ4v) is 2.20. The van der Waals surface area contributed by atoms with E-state index in [0.29, 0.717) is 0 Å². The summed E-state index contributed by atoms with van der Waals surface area (Å²) in [6, 6.07) is 7.02. The van der Waals surface area contributed by atoms with E-state index in [1.807, 2.05) is 0 Å². The van der Waals surface area contributed by atoms with Crippen LogP contribution in [0.1, 0.15) is 30.0 Å². The highest BCUT2D eigenvalue weighted by atomic mass is 15.1. The fraction of sp³-hybridized carbons (Fsp3) is 0.538. The van der Waals surface area contributed by atoms with Gasteiger partial charge < -0.3 is 4.90 Å². The van der Waals surface area contributed by atoms with E-state index < -0.39 is 0 Å². The van der Waals surface area contributed by atoms with E-state index in [-0.39, 0.29) is 0 Å². The summed E-state index contributed by atoms with van der Waals surface area (Å²) in [5.74, 6) is 0. The van der Waals surface area contributed by atoms with Gasteiger partial charge in [-0.05, 0) is 36.6 Å². The van der Waals surface area contributed by atoms with Gasteiger partial charge in [0.25, 0.3) is 0 Å². The molecule has 0 bridgehead atoms. The predicted octanol–water partition coefficient (Wildman–Crippen LogP) is 2.63. The van der Waals surface area contributed by atoms with Crippen molar-refractivity contribution in [3.05, 3.63) is 34.9 Å². The van der Waals surface area contributed by atoms with E-state index in [1.54, 1.807) is 11.1 Å². The van der Waals surface area contributed by atoms with Crippen LogP contribution in [-0.4, -0.2) is 18.5 Å². The second-order valence-electron chi connectivity index (χ2n) is 4.34. The number of benzene rings is 1. The van der Waals surface area contributed by atoms with Gasteiger partial charge in [0.1, 0.15) is 0 Å². The lowest BCUT2D eigenvalue weighted by Gasteiger charge is -2.25. The smallest absolute Gasteiger partial charge is 0.0233 e. The Hall–Kier alpha value is -0.820. The molecular weight excluding hydrogens is 170 g/mol. The lowest BCUT2D eigenvalue weighted by molar-refractivity contribution is 0.313. The molecule has 0 N–H and O–H groups in total. The molecule has 0 radical (unpaired) electrons. The van der Waals surface area contributed by atoms with Crippen LogP contribution in [-0.2, 0) is 19.4 Å². The number of hydrogen-bond acceptors (Lipinski definition) is 1. The minimum Gasteiger partial charge on any atom is -0.302 e. The molecule has 0 fully saturated rings. The highest BCUT2D eigenvalue weighted by Crippen LogP contribution is 2.19. The number of likely N-dealkylation sites (N-methyl/N-ethyl adjacent to an activating group) is 1. The van der Waals surface area contributed by atoms with Crippen LogP contribution in [0.2, 0.25) is 0 Å². The van der Waals surface area contributed by atoms with Crippen molar-refractivity contribution < 1.29 is 0 Å². The van der Waals surface area contributed by atoms with Crippen LogP contribution in [0.15, 0.2) is 18.2 Å². The van der Waals surface area contributed by atoms with Crippen molar-refractivity contribution in [2.24, 2.45) is 0 Å². The summed E-state index contributed by atoms with van der Waals surface area (Å²) in [6.45, 7) is 4.58. The molecule has 0 aromatic heterocycles. The SMILES string of the molecule is CCCc1ccc2c(c1)CN(C)CC2. The minimum atomic E-state index is 1.13. The van der Waals surface area contributed by atoms with Gasteiger partial charge >= 0.3 is 0 Å². The van der Waals surface area contributed by atoms with Gasteiger partial charge in [0.05, 0.1) is 0 Å². The zero-order valence-corrected chi connectivity index (χ0v) is 9.21. The third-order valence-electron chi connectivity index (χ3n) is 3.01. The first kappa shape index (κ1) is 9.72. The van der Waals surface area contributed by atoms with Gasteiger partial charge in [-0.3, -0.25) is 0 Å². The van der Waals surface area contributed by atoms with Gasteiger partial charge in [-0.1, -0.05) is 31.5 Å². The van der Waals surface area contributed by atoms with E-state index in [4.69, 9.17) is 0 Å². The fourth-order valence-electron chi connectivity index (χ4n) is 2.20. The van der Waals surface area contributed by atoms with Gasteiger partial charge in [0.2, 0.25) is 0 Å². The molecule has 0 amide bonds. The van der Waals surface area contributed by atoms with E-state index >= 15 is 0 Å². The molecule has 1 aliphatic heterocycles. The van der Waals surface area contributed by atoms with Gasteiger partial charge in [-0.2, -0.15) is 0 Å². The highest BCUT2D eigenvalue weighted by Gasteiger charge is 2.12. The summed E-state index contributed by atoms with van der Waals surface area (Å²) in [4.78, 5) is 2.40. The maximum absolute atomic E-state index is 2.40. The third kappa shape index (κ3) is 1.98. The standard InChI is InChI=1S/C13H19N/c1-3-4-11-5-6-12-7-8-14(2)10-13(12)9-11/h5-6,9H,3-4,7-8,10H2,1-2H3. The minimum absolute atomic E-state index is 1.13. The van der Waals surface area contributed by atoms with E-state index in [1.165, 1.54) is 31.4 Å². The van der Waals surface area contributed by atoms with Gasteiger partial charge in [0.15, 0.2) is 0 Å². The number of fused-ring (bicyclic) bond motifs is 1. The first-order valence-electron chi connectivity index (χ1n) is 5.59. The van der Waals surface area contributed by atoms with Crippen LogP contribution >= 0.6 is 0 Å². The van der Waals surface area contributed by atoms with Crippen LogP contribution in [0.3, 0.4) is 0 Å². The molecule has 1 aliphatic rings. The maximum Gasteiger partial charge on any atom is 0.0233 e. The Morgan fingerprint density at radius 3 is 2.93 bits per heavy atom. The Kier molecular flexibility index (Phi) is 2.87. The summed E-state index contributed by atoms with van der Waals surface area (Å²) in [5, 5.41) is 0. The quantitative estimate of drug-likeness (QED) is 0.691.